The fourth-order valence-corrected chi connectivity index (χ4v) is 7.66. The van der Waals surface area contributed by atoms with Crippen molar-refractivity contribution in [2.24, 2.45) is 11.8 Å². The zero-order valence-electron chi connectivity index (χ0n) is 15.4. The maximum absolute atomic E-state index is 2.48. The van der Waals surface area contributed by atoms with Gasteiger partial charge in [-0.05, 0) is 69.9 Å². The summed E-state index contributed by atoms with van der Waals surface area (Å²) in [5.74, 6) is 1.57. The molecule has 0 aliphatic heterocycles. The Morgan fingerprint density at radius 3 is 1.83 bits per heavy atom. The third-order valence-corrected chi connectivity index (χ3v) is 8.98. The average Bonchev–Trinajstić information content (AvgIpc) is 2.98. The van der Waals surface area contributed by atoms with Crippen molar-refractivity contribution in [1.29, 1.82) is 0 Å². The Hall–Kier alpha value is -1.17. The Morgan fingerprint density at radius 2 is 1.38 bits per heavy atom. The summed E-state index contributed by atoms with van der Waals surface area (Å²) in [6, 6.07) is 23.1. The molecule has 1 aliphatic carbocycles. The summed E-state index contributed by atoms with van der Waals surface area (Å²) in [5, 5.41) is 3.07. The van der Waals surface area contributed by atoms with Gasteiger partial charge >= 0.3 is 0 Å². The Kier molecular flexibility index (Phi) is 5.74. The Morgan fingerprint density at radius 1 is 0.875 bits per heavy atom. The van der Waals surface area contributed by atoms with E-state index in [1.54, 1.807) is 0 Å². The van der Waals surface area contributed by atoms with Crippen molar-refractivity contribution in [3.05, 3.63) is 60.7 Å². The van der Waals surface area contributed by atoms with E-state index >= 15 is 0 Å². The number of hydrogen-bond donors (Lipinski definition) is 0. The molecule has 1 saturated carbocycles. The highest BCUT2D eigenvalue weighted by Gasteiger charge is 2.42. The molecular formula is C22H30NP. The molecule has 1 aliphatic rings. The van der Waals surface area contributed by atoms with Gasteiger partial charge < -0.3 is 4.90 Å². The molecule has 1 nitrogen and oxygen atoms in total. The standard InChI is InChI=1S/C22H30NP/c1-17-15-16-21(18(2)23(3)4)22(17)24(19-11-7-5-8-12-19)20-13-9-6-10-14-20/h5-14,17-18,21-22H,15-16H2,1-4H3/t17?,18-,21?,22?/m1/s1. The van der Waals surface area contributed by atoms with Crippen molar-refractivity contribution < 1.29 is 0 Å². The number of rotatable bonds is 5. The lowest BCUT2D eigenvalue weighted by molar-refractivity contribution is 0.229. The lowest BCUT2D eigenvalue weighted by Gasteiger charge is -2.37. The summed E-state index contributed by atoms with van der Waals surface area (Å²) < 4.78 is 0. The SMILES string of the molecule is CC1CCC([C@@H](C)N(C)C)C1P(c1ccccc1)c1ccccc1. The molecule has 2 aromatic rings. The zero-order valence-corrected chi connectivity index (χ0v) is 16.3. The van der Waals surface area contributed by atoms with Crippen molar-refractivity contribution in [3.63, 3.8) is 0 Å². The third-order valence-electron chi connectivity index (χ3n) is 5.78. The molecule has 2 heteroatoms. The van der Waals surface area contributed by atoms with E-state index in [9.17, 15) is 0 Å². The molecule has 0 bridgehead atoms. The molecule has 1 fully saturated rings. The van der Waals surface area contributed by atoms with Gasteiger partial charge in [-0.3, -0.25) is 0 Å². The fraction of sp³-hybridized carbons (Fsp3) is 0.455. The highest BCUT2D eigenvalue weighted by atomic mass is 31.1. The largest absolute Gasteiger partial charge is 0.306 e. The zero-order chi connectivity index (χ0) is 17.1. The van der Waals surface area contributed by atoms with Crippen LogP contribution in [0.2, 0.25) is 0 Å². The molecule has 0 aromatic heterocycles. The monoisotopic (exact) mass is 339 g/mol. The first kappa shape index (κ1) is 17.6. The summed E-state index contributed by atoms with van der Waals surface area (Å²) in [6.07, 6.45) is 2.73. The molecule has 4 atom stereocenters. The predicted octanol–water partition coefficient (Wildman–Crippen LogP) is 4.48. The maximum atomic E-state index is 2.48. The average molecular weight is 339 g/mol. The van der Waals surface area contributed by atoms with Crippen molar-refractivity contribution in [2.75, 3.05) is 14.1 Å². The first-order valence-corrected chi connectivity index (χ1v) is 10.6. The van der Waals surface area contributed by atoms with Gasteiger partial charge in [0.1, 0.15) is 0 Å². The van der Waals surface area contributed by atoms with Gasteiger partial charge in [0.15, 0.2) is 0 Å². The predicted molar refractivity (Wildman–Crippen MR) is 108 cm³/mol. The maximum Gasteiger partial charge on any atom is 0.00954 e. The summed E-state index contributed by atoms with van der Waals surface area (Å²) in [4.78, 5) is 2.42. The molecule has 3 unspecified atom stereocenters. The first-order valence-electron chi connectivity index (χ1n) is 9.15. The molecule has 128 valence electrons. The third kappa shape index (κ3) is 3.58. The van der Waals surface area contributed by atoms with E-state index in [0.29, 0.717) is 6.04 Å². The highest BCUT2D eigenvalue weighted by Crippen LogP contribution is 2.53. The van der Waals surface area contributed by atoms with Crippen LogP contribution >= 0.6 is 7.92 Å². The van der Waals surface area contributed by atoms with Gasteiger partial charge in [0.25, 0.3) is 0 Å². The quantitative estimate of drug-likeness (QED) is 0.726. The van der Waals surface area contributed by atoms with Gasteiger partial charge in [-0.15, -0.1) is 0 Å². The number of nitrogens with zero attached hydrogens (tertiary/aromatic N) is 1. The summed E-state index contributed by atoms with van der Waals surface area (Å²) in [5.41, 5.74) is 0.766. The van der Waals surface area contributed by atoms with Crippen LogP contribution in [0, 0.1) is 11.8 Å². The van der Waals surface area contributed by atoms with E-state index in [4.69, 9.17) is 0 Å². The molecule has 0 heterocycles. The highest BCUT2D eigenvalue weighted by molar-refractivity contribution is 7.73. The Balaban J connectivity index is 2.04. The molecule has 0 radical (unpaired) electrons. The molecule has 0 saturated heterocycles. The second-order valence-corrected chi connectivity index (χ2v) is 9.82. The van der Waals surface area contributed by atoms with E-state index in [0.717, 1.165) is 17.5 Å². The normalized spacial score (nSPS) is 25.3. The summed E-state index contributed by atoms with van der Waals surface area (Å²) >= 11 is 0. The van der Waals surface area contributed by atoms with Crippen LogP contribution in [-0.2, 0) is 0 Å². The van der Waals surface area contributed by atoms with Gasteiger partial charge in [-0.1, -0.05) is 67.6 Å². The van der Waals surface area contributed by atoms with Crippen LogP contribution in [-0.4, -0.2) is 30.7 Å². The lowest BCUT2D eigenvalue weighted by atomic mass is 9.97. The molecule has 3 rings (SSSR count). The smallest absolute Gasteiger partial charge is 0.00954 e. The molecule has 2 aromatic carbocycles. The van der Waals surface area contributed by atoms with E-state index < -0.39 is 0 Å². The molecule has 24 heavy (non-hydrogen) atoms. The van der Waals surface area contributed by atoms with Gasteiger partial charge in [-0.25, -0.2) is 0 Å². The Bertz CT molecular complexity index is 585. The van der Waals surface area contributed by atoms with Gasteiger partial charge in [0.2, 0.25) is 0 Å². The number of hydrogen-bond acceptors (Lipinski definition) is 1. The topological polar surface area (TPSA) is 3.24 Å². The second kappa shape index (κ2) is 7.81. The van der Waals surface area contributed by atoms with Crippen molar-refractivity contribution in [2.45, 2.75) is 38.4 Å². The van der Waals surface area contributed by atoms with Gasteiger partial charge in [-0.2, -0.15) is 0 Å². The van der Waals surface area contributed by atoms with Crippen LogP contribution in [0.3, 0.4) is 0 Å². The van der Waals surface area contributed by atoms with Crippen molar-refractivity contribution in [1.82, 2.24) is 4.90 Å². The minimum absolute atomic E-state index is 0.315. The summed E-state index contributed by atoms with van der Waals surface area (Å²) in [6.45, 7) is 4.90. The molecule has 0 N–H and O–H groups in total. The number of benzene rings is 2. The molecule has 0 spiro atoms. The van der Waals surface area contributed by atoms with E-state index in [1.165, 1.54) is 23.5 Å². The van der Waals surface area contributed by atoms with E-state index in [2.05, 4.69) is 93.5 Å². The molecule has 0 amide bonds. The van der Waals surface area contributed by atoms with Gasteiger partial charge in [0.05, 0.1) is 0 Å². The van der Waals surface area contributed by atoms with E-state index in [-0.39, 0.29) is 7.92 Å². The molecular weight excluding hydrogens is 309 g/mol. The van der Waals surface area contributed by atoms with Crippen LogP contribution in [0.15, 0.2) is 60.7 Å². The van der Waals surface area contributed by atoms with Crippen LogP contribution in [0.25, 0.3) is 0 Å². The van der Waals surface area contributed by atoms with E-state index in [1.807, 2.05) is 0 Å². The van der Waals surface area contributed by atoms with Gasteiger partial charge in [0, 0.05) is 6.04 Å². The van der Waals surface area contributed by atoms with Crippen LogP contribution in [0.4, 0.5) is 0 Å². The second-order valence-electron chi connectivity index (χ2n) is 7.45. The first-order chi connectivity index (χ1) is 11.6. The lowest BCUT2D eigenvalue weighted by Crippen LogP contribution is -2.39. The van der Waals surface area contributed by atoms with Crippen LogP contribution < -0.4 is 10.6 Å². The van der Waals surface area contributed by atoms with Crippen LogP contribution in [0.5, 0.6) is 0 Å². The van der Waals surface area contributed by atoms with Crippen molar-refractivity contribution in [3.8, 4) is 0 Å². The Labute approximate surface area is 148 Å². The van der Waals surface area contributed by atoms with Crippen LogP contribution in [0.1, 0.15) is 26.7 Å². The fourth-order valence-electron chi connectivity index (χ4n) is 4.24. The van der Waals surface area contributed by atoms with Crippen molar-refractivity contribution >= 4 is 18.5 Å². The minimum atomic E-state index is -0.315. The minimum Gasteiger partial charge on any atom is -0.306 e. The summed E-state index contributed by atoms with van der Waals surface area (Å²) in [7, 11) is 4.15.